The molecular weight excluding hydrogens is 220 g/mol. The van der Waals surface area contributed by atoms with E-state index < -0.39 is 6.10 Å². The van der Waals surface area contributed by atoms with Gasteiger partial charge in [0.15, 0.2) is 0 Å². The maximum absolute atomic E-state index is 11.6. The molecule has 1 heterocycles. The van der Waals surface area contributed by atoms with Crippen molar-refractivity contribution >= 4 is 5.91 Å². The third-order valence-electron chi connectivity index (χ3n) is 2.25. The molecule has 0 spiro atoms. The summed E-state index contributed by atoms with van der Waals surface area (Å²) in [5, 5.41) is 18.3. The van der Waals surface area contributed by atoms with E-state index in [0.29, 0.717) is 18.8 Å². The number of hydrogen-bond donors (Lipinski definition) is 3. The first kappa shape index (κ1) is 13.6. The Balaban J connectivity index is 2.56. The zero-order chi connectivity index (χ0) is 13.1. The lowest BCUT2D eigenvalue weighted by molar-refractivity contribution is 0.0935. The highest BCUT2D eigenvalue weighted by molar-refractivity contribution is 5.90. The van der Waals surface area contributed by atoms with Gasteiger partial charge in [-0.3, -0.25) is 9.89 Å². The van der Waals surface area contributed by atoms with Gasteiger partial charge in [-0.15, -0.1) is 5.10 Å². The number of nitrogens with one attached hydrogen (secondary N) is 2. The van der Waals surface area contributed by atoms with Crippen LogP contribution in [0.1, 0.15) is 50.6 Å². The van der Waals surface area contributed by atoms with Crippen LogP contribution in [0.15, 0.2) is 0 Å². The first-order valence-corrected chi connectivity index (χ1v) is 5.70. The van der Waals surface area contributed by atoms with Crippen LogP contribution in [0, 0.1) is 0 Å². The average Bonchev–Trinajstić information content (AvgIpc) is 2.64. The fraction of sp³-hybridized carbons (Fsp3) is 0.727. The first-order chi connectivity index (χ1) is 7.80. The summed E-state index contributed by atoms with van der Waals surface area (Å²) in [5.74, 6) is 0.496. The van der Waals surface area contributed by atoms with Crippen molar-refractivity contribution in [2.75, 3.05) is 6.54 Å². The number of amides is 1. The van der Waals surface area contributed by atoms with E-state index in [1.54, 1.807) is 6.92 Å². The third kappa shape index (κ3) is 4.14. The van der Waals surface area contributed by atoms with E-state index in [-0.39, 0.29) is 17.1 Å². The summed E-state index contributed by atoms with van der Waals surface area (Å²) in [7, 11) is 0. The van der Waals surface area contributed by atoms with Crippen molar-refractivity contribution in [3.05, 3.63) is 11.6 Å². The summed E-state index contributed by atoms with van der Waals surface area (Å²) in [6.45, 7) is 8.06. The number of hydrogen-bond acceptors (Lipinski definition) is 4. The van der Waals surface area contributed by atoms with Gasteiger partial charge < -0.3 is 10.4 Å². The Morgan fingerprint density at radius 1 is 1.53 bits per heavy atom. The highest BCUT2D eigenvalue weighted by Gasteiger charge is 2.20. The van der Waals surface area contributed by atoms with Crippen molar-refractivity contribution in [3.8, 4) is 0 Å². The van der Waals surface area contributed by atoms with E-state index in [4.69, 9.17) is 5.11 Å². The van der Waals surface area contributed by atoms with E-state index in [1.165, 1.54) is 0 Å². The summed E-state index contributed by atoms with van der Waals surface area (Å²) in [6, 6.07) is 0. The van der Waals surface area contributed by atoms with Crippen LogP contribution in [-0.2, 0) is 5.41 Å². The predicted octanol–water partition coefficient (Wildman–Crippen LogP) is 0.603. The lowest BCUT2D eigenvalue weighted by Gasteiger charge is -2.12. The molecule has 1 rings (SSSR count). The standard InChI is InChI=1S/C11H20N4O2/c1-7(16)5-6-12-9(17)8-13-10(15-14-8)11(2,3)4/h7,16H,5-6H2,1-4H3,(H,12,17)(H,13,14,15). The quantitative estimate of drug-likeness (QED) is 0.719. The second-order valence-corrected chi connectivity index (χ2v) is 5.15. The maximum Gasteiger partial charge on any atom is 0.290 e. The fourth-order valence-corrected chi connectivity index (χ4v) is 1.17. The minimum Gasteiger partial charge on any atom is -0.393 e. The van der Waals surface area contributed by atoms with Crippen LogP contribution in [0.3, 0.4) is 0 Å². The normalized spacial score (nSPS) is 13.5. The molecule has 1 aromatic rings. The lowest BCUT2D eigenvalue weighted by atomic mass is 9.96. The average molecular weight is 240 g/mol. The van der Waals surface area contributed by atoms with Gasteiger partial charge in [0.05, 0.1) is 6.10 Å². The van der Waals surface area contributed by atoms with Crippen LogP contribution >= 0.6 is 0 Å². The van der Waals surface area contributed by atoms with Crippen LogP contribution in [0.2, 0.25) is 0 Å². The number of carbonyl (C=O) groups excluding carboxylic acids is 1. The minimum atomic E-state index is -0.424. The number of H-pyrrole nitrogens is 1. The molecule has 0 aliphatic heterocycles. The Bertz CT molecular complexity index is 379. The summed E-state index contributed by atoms with van der Waals surface area (Å²) in [4.78, 5) is 15.8. The highest BCUT2D eigenvalue weighted by atomic mass is 16.3. The molecule has 96 valence electrons. The van der Waals surface area contributed by atoms with Crippen LogP contribution in [0.4, 0.5) is 0 Å². The Morgan fingerprint density at radius 3 is 2.65 bits per heavy atom. The molecule has 0 fully saturated rings. The van der Waals surface area contributed by atoms with Crippen LogP contribution in [0.25, 0.3) is 0 Å². The molecule has 6 heteroatoms. The number of aromatic nitrogens is 3. The van der Waals surface area contributed by atoms with Crippen molar-refractivity contribution in [3.63, 3.8) is 0 Å². The van der Waals surface area contributed by atoms with Gasteiger partial charge >= 0.3 is 0 Å². The van der Waals surface area contributed by atoms with Gasteiger partial charge in [0.2, 0.25) is 5.82 Å². The second-order valence-electron chi connectivity index (χ2n) is 5.15. The molecule has 1 amide bonds. The smallest absolute Gasteiger partial charge is 0.290 e. The third-order valence-corrected chi connectivity index (χ3v) is 2.25. The Kier molecular flexibility index (Phi) is 4.22. The van der Waals surface area contributed by atoms with E-state index in [2.05, 4.69) is 20.5 Å². The van der Waals surface area contributed by atoms with Crippen molar-refractivity contribution in [1.82, 2.24) is 20.5 Å². The van der Waals surface area contributed by atoms with Gasteiger partial charge in [-0.25, -0.2) is 4.98 Å². The molecule has 0 saturated heterocycles. The molecule has 6 nitrogen and oxygen atoms in total. The number of nitrogens with zero attached hydrogens (tertiary/aromatic N) is 2. The number of aliphatic hydroxyl groups is 1. The van der Waals surface area contributed by atoms with Crippen molar-refractivity contribution < 1.29 is 9.90 Å². The fourth-order valence-electron chi connectivity index (χ4n) is 1.17. The van der Waals surface area contributed by atoms with Gasteiger partial charge in [-0.1, -0.05) is 20.8 Å². The lowest BCUT2D eigenvalue weighted by Crippen LogP contribution is -2.27. The topological polar surface area (TPSA) is 90.9 Å². The van der Waals surface area contributed by atoms with E-state index in [9.17, 15) is 4.79 Å². The maximum atomic E-state index is 11.6. The van der Waals surface area contributed by atoms with Gasteiger partial charge in [-0.05, 0) is 13.3 Å². The van der Waals surface area contributed by atoms with Gasteiger partial charge in [0.25, 0.3) is 5.91 Å². The number of aliphatic hydroxyl groups excluding tert-OH is 1. The molecule has 1 aromatic heterocycles. The highest BCUT2D eigenvalue weighted by Crippen LogP contribution is 2.17. The van der Waals surface area contributed by atoms with Crippen LogP contribution in [0.5, 0.6) is 0 Å². The molecule has 1 atom stereocenters. The molecule has 3 N–H and O–H groups in total. The monoisotopic (exact) mass is 240 g/mol. The Hall–Kier alpha value is -1.43. The Labute approximate surface area is 101 Å². The Morgan fingerprint density at radius 2 is 2.18 bits per heavy atom. The molecule has 0 saturated carbocycles. The summed E-state index contributed by atoms with van der Waals surface area (Å²) in [6.07, 6.45) is 0.0926. The number of rotatable bonds is 4. The van der Waals surface area contributed by atoms with Crippen molar-refractivity contribution in [1.29, 1.82) is 0 Å². The van der Waals surface area contributed by atoms with E-state index in [1.807, 2.05) is 20.8 Å². The van der Waals surface area contributed by atoms with Crippen LogP contribution in [-0.4, -0.2) is 38.8 Å². The minimum absolute atomic E-state index is 0.139. The number of aromatic amines is 1. The molecule has 0 radical (unpaired) electrons. The van der Waals surface area contributed by atoms with E-state index in [0.717, 1.165) is 0 Å². The second kappa shape index (κ2) is 5.27. The molecule has 0 bridgehead atoms. The summed E-state index contributed by atoms with van der Waals surface area (Å²) >= 11 is 0. The van der Waals surface area contributed by atoms with Gasteiger partial charge in [0.1, 0.15) is 5.82 Å². The molecule has 0 aliphatic rings. The molecule has 1 unspecified atom stereocenters. The summed E-state index contributed by atoms with van der Waals surface area (Å²) in [5.41, 5.74) is -0.162. The molecule has 0 aliphatic carbocycles. The van der Waals surface area contributed by atoms with Crippen molar-refractivity contribution in [2.45, 2.75) is 45.6 Å². The first-order valence-electron chi connectivity index (χ1n) is 5.70. The van der Waals surface area contributed by atoms with E-state index >= 15 is 0 Å². The van der Waals surface area contributed by atoms with Crippen molar-refractivity contribution in [2.24, 2.45) is 0 Å². The zero-order valence-electron chi connectivity index (χ0n) is 10.7. The SMILES string of the molecule is CC(O)CCNC(=O)c1n[nH]c(C(C)(C)C)n1. The van der Waals surface area contributed by atoms with Crippen LogP contribution < -0.4 is 5.32 Å². The zero-order valence-corrected chi connectivity index (χ0v) is 10.7. The molecular formula is C11H20N4O2. The molecule has 17 heavy (non-hydrogen) atoms. The largest absolute Gasteiger partial charge is 0.393 e. The van der Waals surface area contributed by atoms with Gasteiger partial charge in [-0.2, -0.15) is 0 Å². The number of carbonyl (C=O) groups is 1. The summed E-state index contributed by atoms with van der Waals surface area (Å²) < 4.78 is 0. The van der Waals surface area contributed by atoms with Gasteiger partial charge in [0, 0.05) is 12.0 Å². The predicted molar refractivity (Wildman–Crippen MR) is 63.7 cm³/mol. The molecule has 0 aromatic carbocycles.